The molecule has 13 heavy (non-hydrogen) atoms. The van der Waals surface area contributed by atoms with Crippen molar-refractivity contribution in [3.63, 3.8) is 0 Å². The van der Waals surface area contributed by atoms with Gasteiger partial charge in [-0.15, -0.1) is 0 Å². The quantitative estimate of drug-likeness (QED) is 0.672. The highest BCUT2D eigenvalue weighted by molar-refractivity contribution is 4.74. The van der Waals surface area contributed by atoms with Gasteiger partial charge >= 0.3 is 0 Å². The predicted octanol–water partition coefficient (Wildman–Crippen LogP) is 2.97. The highest BCUT2D eigenvalue weighted by Gasteiger charge is 2.32. The van der Waals surface area contributed by atoms with Crippen molar-refractivity contribution in [1.82, 2.24) is 0 Å². The molecule has 0 amide bonds. The SMILES string of the molecule is CCC(C)(C)CCC1(C)OCCO1. The molecule has 2 nitrogen and oxygen atoms in total. The van der Waals surface area contributed by atoms with Crippen molar-refractivity contribution in [2.45, 2.75) is 52.7 Å². The van der Waals surface area contributed by atoms with Crippen LogP contribution in [-0.4, -0.2) is 19.0 Å². The minimum atomic E-state index is -0.299. The largest absolute Gasteiger partial charge is 0.348 e. The first-order chi connectivity index (χ1) is 5.97. The molecule has 0 bridgehead atoms. The van der Waals surface area contributed by atoms with Crippen LogP contribution in [0.15, 0.2) is 0 Å². The second kappa shape index (κ2) is 3.97. The molecule has 2 heteroatoms. The van der Waals surface area contributed by atoms with Gasteiger partial charge in [0.2, 0.25) is 0 Å². The lowest BCUT2D eigenvalue weighted by atomic mass is 9.84. The fourth-order valence-electron chi connectivity index (χ4n) is 1.44. The lowest BCUT2D eigenvalue weighted by Crippen LogP contribution is -2.27. The molecule has 0 N–H and O–H groups in total. The van der Waals surface area contributed by atoms with Crippen LogP contribution in [-0.2, 0) is 9.47 Å². The normalized spacial score (nSPS) is 22.2. The fraction of sp³-hybridized carbons (Fsp3) is 1.00. The summed E-state index contributed by atoms with van der Waals surface area (Å²) in [7, 11) is 0. The number of ether oxygens (including phenoxy) is 2. The van der Waals surface area contributed by atoms with Gasteiger partial charge in [-0.2, -0.15) is 0 Å². The summed E-state index contributed by atoms with van der Waals surface area (Å²) in [6.45, 7) is 10.4. The summed E-state index contributed by atoms with van der Waals surface area (Å²) in [4.78, 5) is 0. The minimum absolute atomic E-state index is 0.299. The van der Waals surface area contributed by atoms with E-state index in [2.05, 4.69) is 20.8 Å². The molecule has 78 valence electrons. The molecular formula is C11H22O2. The van der Waals surface area contributed by atoms with Crippen molar-refractivity contribution in [3.05, 3.63) is 0 Å². The highest BCUT2D eigenvalue weighted by atomic mass is 16.7. The summed E-state index contributed by atoms with van der Waals surface area (Å²) in [5.41, 5.74) is 0.415. The van der Waals surface area contributed by atoms with Gasteiger partial charge in [-0.05, 0) is 18.8 Å². The Morgan fingerprint density at radius 3 is 2.23 bits per heavy atom. The van der Waals surface area contributed by atoms with Gasteiger partial charge in [0.25, 0.3) is 0 Å². The third-order valence-electron chi connectivity index (χ3n) is 3.11. The molecule has 0 aromatic carbocycles. The van der Waals surface area contributed by atoms with Gasteiger partial charge < -0.3 is 9.47 Å². The molecule has 0 atom stereocenters. The lowest BCUT2D eigenvalue weighted by Gasteiger charge is -2.28. The van der Waals surface area contributed by atoms with E-state index in [1.54, 1.807) is 0 Å². The van der Waals surface area contributed by atoms with Crippen molar-refractivity contribution in [2.75, 3.05) is 13.2 Å². The molecule has 1 aliphatic heterocycles. The van der Waals surface area contributed by atoms with Crippen molar-refractivity contribution in [3.8, 4) is 0 Å². The Balaban J connectivity index is 2.32. The number of hydrogen-bond donors (Lipinski definition) is 0. The average Bonchev–Trinajstić information content (AvgIpc) is 2.50. The van der Waals surface area contributed by atoms with E-state index in [1.807, 2.05) is 6.92 Å². The van der Waals surface area contributed by atoms with Crippen LogP contribution in [0.5, 0.6) is 0 Å². The molecule has 1 heterocycles. The lowest BCUT2D eigenvalue weighted by molar-refractivity contribution is -0.151. The van der Waals surface area contributed by atoms with Gasteiger partial charge in [-0.3, -0.25) is 0 Å². The maximum atomic E-state index is 5.56. The standard InChI is InChI=1S/C11H22O2/c1-5-10(2,3)6-7-11(4)12-8-9-13-11/h5-9H2,1-4H3. The van der Waals surface area contributed by atoms with E-state index in [0.717, 1.165) is 19.6 Å². The molecule has 1 aliphatic rings. The predicted molar refractivity (Wildman–Crippen MR) is 53.6 cm³/mol. The zero-order valence-electron chi connectivity index (χ0n) is 9.35. The monoisotopic (exact) mass is 186 g/mol. The Labute approximate surface area is 81.6 Å². The first kappa shape index (κ1) is 11.0. The van der Waals surface area contributed by atoms with Gasteiger partial charge in [0, 0.05) is 6.42 Å². The Bertz CT molecular complexity index is 157. The smallest absolute Gasteiger partial charge is 0.165 e. The van der Waals surface area contributed by atoms with E-state index in [0.29, 0.717) is 5.41 Å². The number of hydrogen-bond acceptors (Lipinski definition) is 2. The molecule has 0 aliphatic carbocycles. The van der Waals surface area contributed by atoms with Crippen molar-refractivity contribution in [1.29, 1.82) is 0 Å². The molecular weight excluding hydrogens is 164 g/mol. The Morgan fingerprint density at radius 1 is 1.23 bits per heavy atom. The summed E-state index contributed by atoms with van der Waals surface area (Å²) >= 11 is 0. The van der Waals surface area contributed by atoms with Gasteiger partial charge in [0.05, 0.1) is 13.2 Å². The minimum Gasteiger partial charge on any atom is -0.348 e. The van der Waals surface area contributed by atoms with Crippen molar-refractivity contribution >= 4 is 0 Å². The molecule has 0 unspecified atom stereocenters. The maximum absolute atomic E-state index is 5.56. The van der Waals surface area contributed by atoms with Crippen LogP contribution >= 0.6 is 0 Å². The molecule has 1 saturated heterocycles. The van der Waals surface area contributed by atoms with Gasteiger partial charge in [0.15, 0.2) is 5.79 Å². The van der Waals surface area contributed by atoms with E-state index >= 15 is 0 Å². The van der Waals surface area contributed by atoms with Crippen molar-refractivity contribution < 1.29 is 9.47 Å². The Kier molecular flexibility index (Phi) is 3.36. The number of rotatable bonds is 4. The molecule has 0 aromatic rings. The maximum Gasteiger partial charge on any atom is 0.165 e. The van der Waals surface area contributed by atoms with E-state index in [9.17, 15) is 0 Å². The fourth-order valence-corrected chi connectivity index (χ4v) is 1.44. The topological polar surface area (TPSA) is 18.5 Å². The molecule has 0 aromatic heterocycles. The molecule has 1 rings (SSSR count). The summed E-state index contributed by atoms with van der Waals surface area (Å²) in [6.07, 6.45) is 3.39. The van der Waals surface area contributed by atoms with Crippen LogP contribution in [0.25, 0.3) is 0 Å². The summed E-state index contributed by atoms with van der Waals surface area (Å²) in [5.74, 6) is -0.299. The van der Waals surface area contributed by atoms with Gasteiger partial charge in [-0.1, -0.05) is 27.2 Å². The van der Waals surface area contributed by atoms with Crippen LogP contribution in [0.2, 0.25) is 0 Å². The van der Waals surface area contributed by atoms with Gasteiger partial charge in [-0.25, -0.2) is 0 Å². The molecule has 0 radical (unpaired) electrons. The van der Waals surface area contributed by atoms with Crippen LogP contribution in [0.1, 0.15) is 47.0 Å². The van der Waals surface area contributed by atoms with E-state index < -0.39 is 0 Å². The summed E-state index contributed by atoms with van der Waals surface area (Å²) in [6, 6.07) is 0. The second-order valence-electron chi connectivity index (χ2n) is 4.85. The summed E-state index contributed by atoms with van der Waals surface area (Å²) < 4.78 is 11.1. The van der Waals surface area contributed by atoms with Crippen LogP contribution < -0.4 is 0 Å². The third kappa shape index (κ3) is 3.28. The summed E-state index contributed by atoms with van der Waals surface area (Å²) in [5, 5.41) is 0. The van der Waals surface area contributed by atoms with Gasteiger partial charge in [0.1, 0.15) is 0 Å². The zero-order chi connectivity index (χ0) is 9.95. The Hall–Kier alpha value is -0.0800. The molecule has 0 saturated carbocycles. The zero-order valence-corrected chi connectivity index (χ0v) is 9.35. The molecule has 1 fully saturated rings. The van der Waals surface area contributed by atoms with Crippen LogP contribution in [0.3, 0.4) is 0 Å². The highest BCUT2D eigenvalue weighted by Crippen LogP contribution is 2.32. The van der Waals surface area contributed by atoms with E-state index in [1.165, 1.54) is 12.8 Å². The second-order valence-corrected chi connectivity index (χ2v) is 4.85. The van der Waals surface area contributed by atoms with E-state index in [-0.39, 0.29) is 5.79 Å². The van der Waals surface area contributed by atoms with E-state index in [4.69, 9.17) is 9.47 Å². The first-order valence-corrected chi connectivity index (χ1v) is 5.25. The molecule has 0 spiro atoms. The Morgan fingerprint density at radius 2 is 1.77 bits per heavy atom. The first-order valence-electron chi connectivity index (χ1n) is 5.25. The van der Waals surface area contributed by atoms with Crippen LogP contribution in [0.4, 0.5) is 0 Å². The van der Waals surface area contributed by atoms with Crippen molar-refractivity contribution in [2.24, 2.45) is 5.41 Å². The third-order valence-corrected chi connectivity index (χ3v) is 3.11. The average molecular weight is 186 g/mol. The van der Waals surface area contributed by atoms with Crippen LogP contribution in [0, 0.1) is 5.41 Å².